The van der Waals surface area contributed by atoms with Gasteiger partial charge < -0.3 is 25.0 Å². The molecular weight excluding hydrogens is 346 g/mol. The molecule has 0 bridgehead atoms. The predicted octanol–water partition coefficient (Wildman–Crippen LogP) is 2.98. The van der Waals surface area contributed by atoms with Crippen LogP contribution in [0.5, 0.6) is 0 Å². The molecule has 0 aromatic carbocycles. The van der Waals surface area contributed by atoms with Gasteiger partial charge in [0.25, 0.3) is 0 Å². The summed E-state index contributed by atoms with van der Waals surface area (Å²) in [4.78, 5) is 13.4. The van der Waals surface area contributed by atoms with Crippen LogP contribution in [0.15, 0.2) is 0 Å². The zero-order valence-corrected chi connectivity index (χ0v) is 17.3. The highest BCUT2D eigenvalue weighted by atomic mass is 16.5. The number of hydrogen-bond acceptors (Lipinski definition) is 5. The van der Waals surface area contributed by atoms with Crippen LogP contribution in [0.25, 0.3) is 0 Å². The average molecular weight is 388 g/mol. The Labute approximate surface area is 164 Å². The van der Waals surface area contributed by atoms with Crippen LogP contribution < -0.4 is 0 Å². The highest BCUT2D eigenvalue weighted by Crippen LogP contribution is 2.20. The number of aliphatic hydroxyl groups excluding tert-OH is 3. The van der Waals surface area contributed by atoms with Gasteiger partial charge in [-0.25, -0.2) is 0 Å². The van der Waals surface area contributed by atoms with E-state index in [9.17, 15) is 20.1 Å². The smallest absolute Gasteiger partial charge is 0.221 e. The molecule has 6 nitrogen and oxygen atoms in total. The van der Waals surface area contributed by atoms with Crippen molar-refractivity contribution in [1.29, 1.82) is 0 Å². The normalized spacial score (nSPS) is 25.5. The fourth-order valence-electron chi connectivity index (χ4n) is 3.65. The Morgan fingerprint density at radius 1 is 0.852 bits per heavy atom. The lowest BCUT2D eigenvalue weighted by molar-refractivity contribution is -0.227. The Bertz CT molecular complexity index is 393. The molecule has 1 rings (SSSR count). The van der Waals surface area contributed by atoms with Gasteiger partial charge in [0.1, 0.15) is 18.3 Å². The first kappa shape index (κ1) is 24.3. The molecule has 1 amide bonds. The highest BCUT2D eigenvalue weighted by molar-refractivity contribution is 5.73. The molecule has 0 aliphatic carbocycles. The molecule has 6 heteroatoms. The van der Waals surface area contributed by atoms with E-state index in [2.05, 4.69) is 6.92 Å². The lowest BCUT2D eigenvalue weighted by atomic mass is 10.0. The fourth-order valence-corrected chi connectivity index (χ4v) is 3.65. The molecule has 0 aromatic rings. The van der Waals surface area contributed by atoms with E-state index in [4.69, 9.17) is 4.74 Å². The summed E-state index contributed by atoms with van der Waals surface area (Å²) in [5.41, 5.74) is 0. The van der Waals surface area contributed by atoms with E-state index in [1.165, 1.54) is 69.6 Å². The zero-order chi connectivity index (χ0) is 20.1. The van der Waals surface area contributed by atoms with Crippen molar-refractivity contribution >= 4 is 5.91 Å². The Hall–Kier alpha value is -0.690. The molecule has 1 heterocycles. The molecule has 0 aromatic heterocycles. The largest absolute Gasteiger partial charge is 0.388 e. The lowest BCUT2D eigenvalue weighted by Crippen LogP contribution is -2.60. The number of hydrogen-bond donors (Lipinski definition) is 3. The van der Waals surface area contributed by atoms with Crippen molar-refractivity contribution in [2.75, 3.05) is 13.2 Å². The summed E-state index contributed by atoms with van der Waals surface area (Å²) in [5, 5.41) is 29.4. The molecule has 1 aliphatic rings. The van der Waals surface area contributed by atoms with Crippen molar-refractivity contribution < 1.29 is 24.9 Å². The van der Waals surface area contributed by atoms with Crippen LogP contribution in [0.4, 0.5) is 0 Å². The first-order valence-electron chi connectivity index (χ1n) is 10.9. The summed E-state index contributed by atoms with van der Waals surface area (Å²) in [6, 6.07) is 0. The molecule has 0 spiro atoms. The molecule has 160 valence electrons. The van der Waals surface area contributed by atoms with Crippen molar-refractivity contribution in [1.82, 2.24) is 4.90 Å². The van der Waals surface area contributed by atoms with Gasteiger partial charge in [-0.2, -0.15) is 0 Å². The molecule has 3 N–H and O–H groups in total. The molecule has 4 atom stereocenters. The molecule has 1 saturated heterocycles. The van der Waals surface area contributed by atoms with E-state index in [1.807, 2.05) is 0 Å². The van der Waals surface area contributed by atoms with E-state index < -0.39 is 24.5 Å². The van der Waals surface area contributed by atoms with Crippen molar-refractivity contribution in [2.24, 2.45) is 0 Å². The maximum atomic E-state index is 11.9. The van der Waals surface area contributed by atoms with Crippen molar-refractivity contribution in [3.63, 3.8) is 0 Å². The van der Waals surface area contributed by atoms with Gasteiger partial charge in [-0.1, -0.05) is 77.6 Å². The monoisotopic (exact) mass is 387 g/mol. The average Bonchev–Trinajstić information content (AvgIpc) is 2.64. The molecule has 27 heavy (non-hydrogen) atoms. The van der Waals surface area contributed by atoms with Crippen LogP contribution in [0, 0.1) is 0 Å². The van der Waals surface area contributed by atoms with Gasteiger partial charge in [-0.05, 0) is 6.42 Å². The zero-order valence-electron chi connectivity index (χ0n) is 17.3. The van der Waals surface area contributed by atoms with Crippen molar-refractivity contribution in [2.45, 2.75) is 115 Å². The summed E-state index contributed by atoms with van der Waals surface area (Å²) in [7, 11) is 0. The first-order chi connectivity index (χ1) is 13.0. The number of amides is 1. The number of unbranched alkanes of at least 4 members (excludes halogenated alkanes) is 11. The van der Waals surface area contributed by atoms with E-state index >= 15 is 0 Å². The quantitative estimate of drug-likeness (QED) is 0.399. The molecule has 0 saturated carbocycles. The van der Waals surface area contributed by atoms with Gasteiger partial charge >= 0.3 is 0 Å². The fraction of sp³-hybridized carbons (Fsp3) is 0.952. The third kappa shape index (κ3) is 9.37. The second-order valence-electron chi connectivity index (χ2n) is 7.87. The number of carbonyl (C=O) groups excluding carboxylic acids is 1. The molecule has 0 radical (unpaired) electrons. The Morgan fingerprint density at radius 3 is 1.81 bits per heavy atom. The minimum absolute atomic E-state index is 0.0783. The van der Waals surface area contributed by atoms with E-state index in [0.717, 1.165) is 19.3 Å². The second kappa shape index (κ2) is 14.3. The number of nitrogens with zero attached hydrogens (tertiary/aromatic N) is 1. The van der Waals surface area contributed by atoms with Crippen LogP contribution in [0.2, 0.25) is 0 Å². The molecule has 1 fully saturated rings. The molecular formula is C21H41NO5. The maximum absolute atomic E-state index is 11.9. The Morgan fingerprint density at radius 2 is 1.33 bits per heavy atom. The number of rotatable bonds is 14. The van der Waals surface area contributed by atoms with Crippen LogP contribution >= 0.6 is 0 Å². The molecule has 1 unspecified atom stereocenters. The minimum atomic E-state index is -1.28. The number of ether oxygens (including phenoxy) is 1. The van der Waals surface area contributed by atoms with Gasteiger partial charge in [0.15, 0.2) is 6.23 Å². The molecule has 1 aliphatic heterocycles. The summed E-state index contributed by atoms with van der Waals surface area (Å²) in [5.74, 6) is -0.189. The van der Waals surface area contributed by atoms with Crippen molar-refractivity contribution in [3.05, 3.63) is 0 Å². The Balaban J connectivity index is 2.11. The number of carbonyl (C=O) groups is 1. The number of aliphatic hydroxyl groups is 3. The third-order valence-electron chi connectivity index (χ3n) is 5.44. The summed E-state index contributed by atoms with van der Waals surface area (Å²) < 4.78 is 5.40. The van der Waals surface area contributed by atoms with Crippen molar-refractivity contribution in [3.8, 4) is 0 Å². The van der Waals surface area contributed by atoms with Crippen LogP contribution in [-0.2, 0) is 9.53 Å². The highest BCUT2D eigenvalue weighted by Gasteiger charge is 2.41. The van der Waals surface area contributed by atoms with Gasteiger partial charge in [-0.15, -0.1) is 0 Å². The van der Waals surface area contributed by atoms with E-state index in [0.29, 0.717) is 6.54 Å². The Kier molecular flexibility index (Phi) is 12.9. The van der Waals surface area contributed by atoms with Gasteiger partial charge in [0.2, 0.25) is 5.91 Å². The summed E-state index contributed by atoms with van der Waals surface area (Å²) in [6.45, 7) is 4.10. The minimum Gasteiger partial charge on any atom is -0.388 e. The van der Waals surface area contributed by atoms with Crippen LogP contribution in [-0.4, -0.2) is 63.8 Å². The van der Waals surface area contributed by atoms with Gasteiger partial charge in [0, 0.05) is 13.5 Å². The second-order valence-corrected chi connectivity index (χ2v) is 7.87. The summed E-state index contributed by atoms with van der Waals surface area (Å²) in [6.07, 6.45) is 10.4. The standard InChI is InChI=1S/C21H41NO5/c1-3-4-5-6-7-8-9-10-11-12-13-14-15-22(17(2)23)21-20(26)19(25)18(24)16-27-21/h18-21,24-26H,3-16H2,1-2H3/t18-,19+,20-,21?/m1/s1. The van der Waals surface area contributed by atoms with Gasteiger partial charge in [-0.3, -0.25) is 4.79 Å². The first-order valence-corrected chi connectivity index (χ1v) is 10.9. The van der Waals surface area contributed by atoms with Gasteiger partial charge in [0.05, 0.1) is 6.61 Å². The third-order valence-corrected chi connectivity index (χ3v) is 5.44. The summed E-state index contributed by atoms with van der Waals surface area (Å²) >= 11 is 0. The maximum Gasteiger partial charge on any atom is 0.221 e. The van der Waals surface area contributed by atoms with Crippen LogP contribution in [0.1, 0.15) is 90.9 Å². The van der Waals surface area contributed by atoms with E-state index in [-0.39, 0.29) is 12.5 Å². The van der Waals surface area contributed by atoms with Crippen LogP contribution in [0.3, 0.4) is 0 Å². The predicted molar refractivity (Wildman–Crippen MR) is 106 cm³/mol. The SMILES string of the molecule is CCCCCCCCCCCCCCN(C(C)=O)C1OC[C@@H](O)[C@H](O)[C@H]1O. The lowest BCUT2D eigenvalue weighted by Gasteiger charge is -2.41. The topological polar surface area (TPSA) is 90.2 Å². The van der Waals surface area contributed by atoms with E-state index in [1.54, 1.807) is 0 Å².